The van der Waals surface area contributed by atoms with Crippen LogP contribution >= 0.6 is 0 Å². The van der Waals surface area contributed by atoms with Gasteiger partial charge in [0.25, 0.3) is 0 Å². The van der Waals surface area contributed by atoms with Crippen LogP contribution < -0.4 is 0 Å². The van der Waals surface area contributed by atoms with Gasteiger partial charge in [-0.2, -0.15) is 0 Å². The summed E-state index contributed by atoms with van der Waals surface area (Å²) in [6.45, 7) is 0. The molecule has 88 valence electrons. The van der Waals surface area contributed by atoms with E-state index in [1.807, 2.05) is 60.7 Å². The molecule has 0 saturated heterocycles. The molecule has 2 N–H and O–H groups in total. The highest BCUT2D eigenvalue weighted by atomic mass is 16.3. The molecule has 2 nitrogen and oxygen atoms in total. The highest BCUT2D eigenvalue weighted by Gasteiger charge is 2.14. The van der Waals surface area contributed by atoms with Crippen molar-refractivity contribution in [2.24, 2.45) is 0 Å². The van der Waals surface area contributed by atoms with Crippen LogP contribution in [0.3, 0.4) is 0 Å². The van der Waals surface area contributed by atoms with Gasteiger partial charge in [-0.3, -0.25) is 0 Å². The number of rotatable bonds is 4. The molecule has 0 aliphatic rings. The molecule has 2 heteroatoms. The van der Waals surface area contributed by atoms with Crippen LogP contribution in [0.1, 0.15) is 29.8 Å². The van der Waals surface area contributed by atoms with Crippen molar-refractivity contribution in [1.29, 1.82) is 0 Å². The second-order valence-corrected chi connectivity index (χ2v) is 4.09. The smallest absolute Gasteiger partial charge is 0.0818 e. The van der Waals surface area contributed by atoms with E-state index in [-0.39, 0.29) is 0 Å². The molecular formula is C15H16O2. The molecule has 0 radical (unpaired) electrons. The third kappa shape index (κ3) is 3.16. The first kappa shape index (κ1) is 11.8. The van der Waals surface area contributed by atoms with Crippen LogP contribution in [-0.4, -0.2) is 10.2 Å². The number of hydrogen-bond acceptors (Lipinski definition) is 2. The second kappa shape index (κ2) is 5.62. The summed E-state index contributed by atoms with van der Waals surface area (Å²) in [5.41, 5.74) is 1.67. The Hall–Kier alpha value is -1.64. The molecule has 17 heavy (non-hydrogen) atoms. The fourth-order valence-electron chi connectivity index (χ4n) is 1.83. The van der Waals surface area contributed by atoms with Crippen molar-refractivity contribution >= 4 is 0 Å². The summed E-state index contributed by atoms with van der Waals surface area (Å²) in [5.74, 6) is 0. The molecule has 0 spiro atoms. The van der Waals surface area contributed by atoms with E-state index >= 15 is 0 Å². The average Bonchev–Trinajstić information content (AvgIpc) is 2.40. The van der Waals surface area contributed by atoms with E-state index in [0.29, 0.717) is 6.42 Å². The Bertz CT molecular complexity index is 395. The maximum Gasteiger partial charge on any atom is 0.0818 e. The molecule has 0 aliphatic carbocycles. The Morgan fingerprint density at radius 1 is 0.647 bits per heavy atom. The lowest BCUT2D eigenvalue weighted by molar-refractivity contribution is 0.0804. The lowest BCUT2D eigenvalue weighted by Gasteiger charge is -2.16. The first-order valence-corrected chi connectivity index (χ1v) is 5.73. The predicted octanol–water partition coefficient (Wildman–Crippen LogP) is 2.84. The van der Waals surface area contributed by atoms with Crippen molar-refractivity contribution in [3.63, 3.8) is 0 Å². The normalized spacial score (nSPS) is 14.2. The fourth-order valence-corrected chi connectivity index (χ4v) is 1.83. The van der Waals surface area contributed by atoms with Crippen molar-refractivity contribution in [2.75, 3.05) is 0 Å². The van der Waals surface area contributed by atoms with Gasteiger partial charge in [0.2, 0.25) is 0 Å². The van der Waals surface area contributed by atoms with E-state index in [0.717, 1.165) is 11.1 Å². The number of aliphatic hydroxyl groups excluding tert-OH is 2. The number of benzene rings is 2. The van der Waals surface area contributed by atoms with Gasteiger partial charge in [-0.05, 0) is 11.1 Å². The first-order valence-electron chi connectivity index (χ1n) is 5.73. The van der Waals surface area contributed by atoms with Gasteiger partial charge in [-0.15, -0.1) is 0 Å². The quantitative estimate of drug-likeness (QED) is 0.844. The van der Waals surface area contributed by atoms with Crippen LogP contribution in [0.25, 0.3) is 0 Å². The van der Waals surface area contributed by atoms with E-state index in [2.05, 4.69) is 0 Å². The standard InChI is InChI=1S/C15H16O2/c16-14(12-7-3-1-4-8-12)11-15(17)13-9-5-2-6-10-13/h1-10,14-17H,11H2/t14-,15-/m0/s1. The SMILES string of the molecule is O[C@@H](C[C@H](O)c1ccccc1)c1ccccc1. The molecule has 0 aromatic heterocycles. The topological polar surface area (TPSA) is 40.5 Å². The van der Waals surface area contributed by atoms with Gasteiger partial charge in [0.15, 0.2) is 0 Å². The summed E-state index contributed by atoms with van der Waals surface area (Å²) in [5, 5.41) is 20.0. The van der Waals surface area contributed by atoms with E-state index in [9.17, 15) is 10.2 Å². The lowest BCUT2D eigenvalue weighted by atomic mass is 9.99. The summed E-state index contributed by atoms with van der Waals surface area (Å²) in [6, 6.07) is 18.8. The van der Waals surface area contributed by atoms with Crippen molar-refractivity contribution in [2.45, 2.75) is 18.6 Å². The maximum absolute atomic E-state index is 9.99. The predicted molar refractivity (Wildman–Crippen MR) is 67.4 cm³/mol. The molecule has 0 heterocycles. The molecule has 0 fully saturated rings. The minimum Gasteiger partial charge on any atom is -0.388 e. The zero-order valence-corrected chi connectivity index (χ0v) is 9.53. The molecule has 0 saturated carbocycles. The second-order valence-electron chi connectivity index (χ2n) is 4.09. The van der Waals surface area contributed by atoms with Crippen molar-refractivity contribution < 1.29 is 10.2 Å². The van der Waals surface area contributed by atoms with Gasteiger partial charge < -0.3 is 10.2 Å². The summed E-state index contributed by atoms with van der Waals surface area (Å²) in [6.07, 6.45) is -0.952. The van der Waals surface area contributed by atoms with Gasteiger partial charge in [0, 0.05) is 6.42 Å². The molecule has 2 aromatic carbocycles. The Labute approximate surface area is 101 Å². The summed E-state index contributed by atoms with van der Waals surface area (Å²) in [7, 11) is 0. The van der Waals surface area contributed by atoms with Gasteiger partial charge in [-0.1, -0.05) is 60.7 Å². The van der Waals surface area contributed by atoms with E-state index in [1.54, 1.807) is 0 Å². The van der Waals surface area contributed by atoms with E-state index in [1.165, 1.54) is 0 Å². The van der Waals surface area contributed by atoms with Crippen LogP contribution in [0, 0.1) is 0 Å². The fraction of sp³-hybridized carbons (Fsp3) is 0.200. The van der Waals surface area contributed by atoms with Crippen molar-refractivity contribution in [3.05, 3.63) is 71.8 Å². The van der Waals surface area contributed by atoms with Crippen molar-refractivity contribution in [1.82, 2.24) is 0 Å². The third-order valence-electron chi connectivity index (χ3n) is 2.82. The molecule has 0 aliphatic heterocycles. The van der Waals surface area contributed by atoms with Crippen LogP contribution in [0.4, 0.5) is 0 Å². The van der Waals surface area contributed by atoms with E-state index in [4.69, 9.17) is 0 Å². The van der Waals surface area contributed by atoms with Crippen LogP contribution in [0.2, 0.25) is 0 Å². The Kier molecular flexibility index (Phi) is 3.91. The third-order valence-corrected chi connectivity index (χ3v) is 2.82. The highest BCUT2D eigenvalue weighted by molar-refractivity contribution is 5.20. The first-order chi connectivity index (χ1) is 8.27. The largest absolute Gasteiger partial charge is 0.388 e. The minimum atomic E-state index is -0.633. The highest BCUT2D eigenvalue weighted by Crippen LogP contribution is 2.25. The number of hydrogen-bond donors (Lipinski definition) is 2. The molecule has 2 rings (SSSR count). The van der Waals surface area contributed by atoms with Gasteiger partial charge in [0.05, 0.1) is 12.2 Å². The van der Waals surface area contributed by atoms with Crippen LogP contribution in [-0.2, 0) is 0 Å². The molecule has 0 amide bonds. The number of aliphatic hydroxyl groups is 2. The zero-order valence-electron chi connectivity index (χ0n) is 9.53. The van der Waals surface area contributed by atoms with E-state index < -0.39 is 12.2 Å². The molecule has 2 aromatic rings. The van der Waals surface area contributed by atoms with Gasteiger partial charge in [0.1, 0.15) is 0 Å². The monoisotopic (exact) mass is 228 g/mol. The van der Waals surface area contributed by atoms with Crippen LogP contribution in [0.15, 0.2) is 60.7 Å². The summed E-state index contributed by atoms with van der Waals surface area (Å²) in [4.78, 5) is 0. The lowest BCUT2D eigenvalue weighted by Crippen LogP contribution is -2.05. The summed E-state index contributed by atoms with van der Waals surface area (Å²) >= 11 is 0. The van der Waals surface area contributed by atoms with Gasteiger partial charge in [-0.25, -0.2) is 0 Å². The van der Waals surface area contributed by atoms with Crippen LogP contribution in [0.5, 0.6) is 0 Å². The average molecular weight is 228 g/mol. The summed E-state index contributed by atoms with van der Waals surface area (Å²) < 4.78 is 0. The Morgan fingerprint density at radius 3 is 1.35 bits per heavy atom. The molecule has 0 bridgehead atoms. The minimum absolute atomic E-state index is 0.314. The Balaban J connectivity index is 2.02. The zero-order chi connectivity index (χ0) is 12.1. The molecule has 0 unspecified atom stereocenters. The Morgan fingerprint density at radius 2 is 1.00 bits per heavy atom. The molecule has 2 atom stereocenters. The van der Waals surface area contributed by atoms with Gasteiger partial charge >= 0.3 is 0 Å². The van der Waals surface area contributed by atoms with Crippen molar-refractivity contribution in [3.8, 4) is 0 Å². The molecular weight excluding hydrogens is 212 g/mol. The maximum atomic E-state index is 9.99.